The normalized spacial score (nSPS) is 12.2. The van der Waals surface area contributed by atoms with Crippen LogP contribution in [0.5, 0.6) is 0 Å². The molecule has 0 bridgehead atoms. The molecule has 7 nitrogen and oxygen atoms in total. The van der Waals surface area contributed by atoms with Crippen molar-refractivity contribution in [3.05, 3.63) is 92.0 Å². The van der Waals surface area contributed by atoms with Crippen LogP contribution in [0, 0.1) is 9.49 Å². The van der Waals surface area contributed by atoms with E-state index >= 15 is 0 Å². The summed E-state index contributed by atoms with van der Waals surface area (Å²) in [5, 5.41) is 3.59. The lowest BCUT2D eigenvalue weighted by molar-refractivity contribution is -0.140. The molecule has 3 aromatic rings. The number of amides is 2. The second-order valence-electron chi connectivity index (χ2n) is 9.63. The average molecular weight is 716 g/mol. The van der Waals surface area contributed by atoms with Gasteiger partial charge in [-0.05, 0) is 89.0 Å². The third-order valence-electron chi connectivity index (χ3n) is 6.13. The molecular formula is C29H32Cl2IN3O4S. The van der Waals surface area contributed by atoms with Gasteiger partial charge in [-0.2, -0.15) is 0 Å². The van der Waals surface area contributed by atoms with E-state index in [4.69, 9.17) is 23.2 Å². The quantitative estimate of drug-likeness (QED) is 0.221. The topological polar surface area (TPSA) is 86.8 Å². The van der Waals surface area contributed by atoms with Gasteiger partial charge in [0.15, 0.2) is 0 Å². The fourth-order valence-electron chi connectivity index (χ4n) is 4.03. The summed E-state index contributed by atoms with van der Waals surface area (Å²) < 4.78 is 29.6. The van der Waals surface area contributed by atoms with Crippen LogP contribution in [0.3, 0.4) is 0 Å². The van der Waals surface area contributed by atoms with Crippen molar-refractivity contribution in [2.45, 2.75) is 44.7 Å². The van der Waals surface area contributed by atoms with Crippen LogP contribution in [0.25, 0.3) is 0 Å². The summed E-state index contributed by atoms with van der Waals surface area (Å²) in [7, 11) is -4.11. The molecule has 214 valence electrons. The van der Waals surface area contributed by atoms with E-state index in [9.17, 15) is 18.0 Å². The van der Waals surface area contributed by atoms with Gasteiger partial charge in [0.25, 0.3) is 10.0 Å². The summed E-state index contributed by atoms with van der Waals surface area (Å²) in [4.78, 5) is 28.8. The molecule has 0 spiro atoms. The summed E-state index contributed by atoms with van der Waals surface area (Å²) in [6, 6.07) is 19.0. The standard InChI is InChI=1S/C29H32Cl2IN3O4S/c1-4-27(29(37)33-17-20(2)3)34(18-21-10-15-25(30)26(31)16-21)28(36)19-35(23-13-11-22(32)12-14-23)40(38,39)24-8-6-5-7-9-24/h5-16,20,27H,4,17-19H2,1-3H3,(H,33,37)/t27-/m1/s1. The van der Waals surface area contributed by atoms with Crippen LogP contribution in [0.4, 0.5) is 5.69 Å². The number of carbonyl (C=O) groups excluding carboxylic acids is 2. The lowest BCUT2D eigenvalue weighted by Crippen LogP contribution is -2.52. The van der Waals surface area contributed by atoms with Crippen LogP contribution < -0.4 is 9.62 Å². The maximum absolute atomic E-state index is 14.1. The van der Waals surface area contributed by atoms with Gasteiger partial charge in [-0.1, -0.05) is 68.2 Å². The molecule has 0 aliphatic heterocycles. The zero-order valence-corrected chi connectivity index (χ0v) is 27.0. The van der Waals surface area contributed by atoms with Crippen LogP contribution in [0.1, 0.15) is 32.8 Å². The van der Waals surface area contributed by atoms with Crippen molar-refractivity contribution in [1.29, 1.82) is 0 Å². The third kappa shape index (κ3) is 8.34. The SMILES string of the molecule is CC[C@H](C(=O)NCC(C)C)N(Cc1ccc(Cl)c(Cl)c1)C(=O)CN(c1ccc(I)cc1)S(=O)(=O)c1ccccc1. The van der Waals surface area contributed by atoms with Crippen molar-refractivity contribution in [3.8, 4) is 0 Å². The molecular weight excluding hydrogens is 684 g/mol. The molecule has 0 aliphatic rings. The Labute approximate surface area is 260 Å². The van der Waals surface area contributed by atoms with Crippen molar-refractivity contribution in [2.24, 2.45) is 5.92 Å². The second kappa shape index (κ2) is 14.5. The number of carbonyl (C=O) groups is 2. The molecule has 40 heavy (non-hydrogen) atoms. The number of anilines is 1. The van der Waals surface area contributed by atoms with Crippen LogP contribution >= 0.6 is 45.8 Å². The van der Waals surface area contributed by atoms with Crippen molar-refractivity contribution in [1.82, 2.24) is 10.2 Å². The summed E-state index contributed by atoms with van der Waals surface area (Å²) in [5.41, 5.74) is 0.994. The summed E-state index contributed by atoms with van der Waals surface area (Å²) >= 11 is 14.5. The van der Waals surface area contributed by atoms with E-state index < -0.39 is 28.5 Å². The summed E-state index contributed by atoms with van der Waals surface area (Å²) in [6.45, 7) is 5.75. The van der Waals surface area contributed by atoms with E-state index in [-0.39, 0.29) is 23.3 Å². The highest BCUT2D eigenvalue weighted by molar-refractivity contribution is 14.1. The molecule has 0 fully saturated rings. The van der Waals surface area contributed by atoms with E-state index in [2.05, 4.69) is 27.9 Å². The highest BCUT2D eigenvalue weighted by Gasteiger charge is 2.33. The first kappa shape index (κ1) is 32.2. The van der Waals surface area contributed by atoms with E-state index in [0.717, 1.165) is 7.88 Å². The highest BCUT2D eigenvalue weighted by atomic mass is 127. The van der Waals surface area contributed by atoms with Gasteiger partial charge in [-0.15, -0.1) is 0 Å². The van der Waals surface area contributed by atoms with Gasteiger partial charge in [0.05, 0.1) is 20.6 Å². The first-order valence-corrected chi connectivity index (χ1v) is 16.1. The van der Waals surface area contributed by atoms with Crippen molar-refractivity contribution >= 4 is 73.3 Å². The predicted octanol–water partition coefficient (Wildman–Crippen LogP) is 6.37. The predicted molar refractivity (Wildman–Crippen MR) is 169 cm³/mol. The fraction of sp³-hybridized carbons (Fsp3) is 0.310. The molecule has 0 heterocycles. The van der Waals surface area contributed by atoms with Crippen LogP contribution in [-0.4, -0.2) is 44.3 Å². The van der Waals surface area contributed by atoms with Gasteiger partial charge in [0.1, 0.15) is 12.6 Å². The minimum absolute atomic E-state index is 0.0369. The Bertz CT molecular complexity index is 1420. The first-order valence-electron chi connectivity index (χ1n) is 12.8. The number of nitrogens with zero attached hydrogens (tertiary/aromatic N) is 2. The maximum Gasteiger partial charge on any atom is 0.264 e. The third-order valence-corrected chi connectivity index (χ3v) is 9.38. The smallest absolute Gasteiger partial charge is 0.264 e. The molecule has 3 aromatic carbocycles. The Balaban J connectivity index is 2.04. The Morgan fingerprint density at radius 3 is 2.17 bits per heavy atom. The molecule has 3 rings (SSSR count). The van der Waals surface area contributed by atoms with Crippen molar-refractivity contribution < 1.29 is 18.0 Å². The summed E-state index contributed by atoms with van der Waals surface area (Å²) in [6.07, 6.45) is 0.325. The van der Waals surface area contributed by atoms with Gasteiger partial charge in [0.2, 0.25) is 11.8 Å². The van der Waals surface area contributed by atoms with Crippen molar-refractivity contribution in [3.63, 3.8) is 0 Å². The molecule has 2 amide bonds. The van der Waals surface area contributed by atoms with Gasteiger partial charge in [0, 0.05) is 16.7 Å². The Morgan fingerprint density at radius 2 is 1.60 bits per heavy atom. The van der Waals surface area contributed by atoms with E-state index in [1.54, 1.807) is 60.7 Å². The molecule has 1 N–H and O–H groups in total. The largest absolute Gasteiger partial charge is 0.354 e. The molecule has 0 saturated carbocycles. The van der Waals surface area contributed by atoms with Gasteiger partial charge in [-0.25, -0.2) is 8.42 Å². The number of hydrogen-bond acceptors (Lipinski definition) is 4. The molecule has 1 atom stereocenters. The molecule has 0 aliphatic carbocycles. The number of sulfonamides is 1. The van der Waals surface area contributed by atoms with E-state index in [1.165, 1.54) is 17.0 Å². The van der Waals surface area contributed by atoms with Crippen LogP contribution in [0.2, 0.25) is 10.0 Å². The maximum atomic E-state index is 14.1. The van der Waals surface area contributed by atoms with Crippen LogP contribution in [0.15, 0.2) is 77.7 Å². The van der Waals surface area contributed by atoms with Gasteiger partial charge >= 0.3 is 0 Å². The second-order valence-corrected chi connectivity index (χ2v) is 13.6. The Morgan fingerprint density at radius 1 is 0.950 bits per heavy atom. The van der Waals surface area contributed by atoms with E-state index in [0.29, 0.717) is 34.3 Å². The molecule has 0 unspecified atom stereocenters. The minimum Gasteiger partial charge on any atom is -0.354 e. The Kier molecular flexibility index (Phi) is 11.7. The molecule has 0 radical (unpaired) electrons. The highest BCUT2D eigenvalue weighted by Crippen LogP contribution is 2.27. The molecule has 0 saturated heterocycles. The number of benzene rings is 3. The monoisotopic (exact) mass is 715 g/mol. The number of hydrogen-bond donors (Lipinski definition) is 1. The first-order chi connectivity index (χ1) is 18.9. The fourth-order valence-corrected chi connectivity index (χ4v) is 6.15. The van der Waals surface area contributed by atoms with E-state index in [1.807, 2.05) is 20.8 Å². The van der Waals surface area contributed by atoms with Gasteiger partial charge < -0.3 is 10.2 Å². The van der Waals surface area contributed by atoms with Gasteiger partial charge in [-0.3, -0.25) is 13.9 Å². The van der Waals surface area contributed by atoms with Crippen molar-refractivity contribution in [2.75, 3.05) is 17.4 Å². The zero-order valence-electron chi connectivity index (χ0n) is 22.5. The Hall–Kier alpha value is -2.34. The zero-order chi connectivity index (χ0) is 29.4. The summed E-state index contributed by atoms with van der Waals surface area (Å²) in [5.74, 6) is -0.625. The molecule has 0 aromatic heterocycles. The molecule has 11 heteroatoms. The minimum atomic E-state index is -4.11. The lowest BCUT2D eigenvalue weighted by atomic mass is 10.1. The average Bonchev–Trinajstić information content (AvgIpc) is 2.93. The lowest BCUT2D eigenvalue weighted by Gasteiger charge is -2.33. The number of halogens is 3. The van der Waals surface area contributed by atoms with Crippen LogP contribution in [-0.2, 0) is 26.2 Å². The number of nitrogens with one attached hydrogen (secondary N) is 1. The number of rotatable bonds is 12.